The Hall–Kier alpha value is -0.570. The molecule has 0 spiro atoms. The van der Waals surface area contributed by atoms with E-state index in [1.54, 1.807) is 0 Å². The van der Waals surface area contributed by atoms with Crippen LogP contribution in [0.3, 0.4) is 0 Å². The lowest BCUT2D eigenvalue weighted by Crippen LogP contribution is -2.41. The highest BCUT2D eigenvalue weighted by Crippen LogP contribution is 2.31. The Bertz CT molecular complexity index is 280. The summed E-state index contributed by atoms with van der Waals surface area (Å²) in [5, 5.41) is 3.40. The van der Waals surface area contributed by atoms with Crippen molar-refractivity contribution in [1.82, 2.24) is 10.2 Å². The number of carbonyl (C=O) groups excluding carboxylic acids is 1. The third-order valence-corrected chi connectivity index (χ3v) is 4.71. The second-order valence-corrected chi connectivity index (χ2v) is 5.96. The van der Waals surface area contributed by atoms with Gasteiger partial charge >= 0.3 is 0 Å². The minimum Gasteiger partial charge on any atom is -0.326 e. The van der Waals surface area contributed by atoms with Gasteiger partial charge in [-0.25, -0.2) is 0 Å². The van der Waals surface area contributed by atoms with E-state index >= 15 is 0 Å². The van der Waals surface area contributed by atoms with E-state index in [0.29, 0.717) is 11.9 Å². The fourth-order valence-electron chi connectivity index (χ4n) is 3.43. The maximum Gasteiger partial charge on any atom is 0.241 e. The van der Waals surface area contributed by atoms with E-state index in [2.05, 4.69) is 24.1 Å². The zero-order chi connectivity index (χ0) is 13.0. The molecule has 1 saturated carbocycles. The molecule has 0 bridgehead atoms. The molecule has 3 unspecified atom stereocenters. The summed E-state index contributed by atoms with van der Waals surface area (Å²) in [6.07, 6.45) is 9.70. The number of rotatable bonds is 5. The van der Waals surface area contributed by atoms with Crippen molar-refractivity contribution < 1.29 is 4.79 Å². The summed E-state index contributed by atoms with van der Waals surface area (Å²) in [5.74, 6) is 1.21. The molecule has 3 nitrogen and oxygen atoms in total. The van der Waals surface area contributed by atoms with Crippen LogP contribution >= 0.6 is 0 Å². The average molecular weight is 252 g/mol. The Morgan fingerprint density at radius 3 is 2.89 bits per heavy atom. The van der Waals surface area contributed by atoms with Crippen molar-refractivity contribution >= 4 is 5.91 Å². The first-order valence-electron chi connectivity index (χ1n) is 7.80. The molecule has 0 radical (unpaired) electrons. The fraction of sp³-hybridized carbons (Fsp3) is 0.933. The Morgan fingerprint density at radius 1 is 1.33 bits per heavy atom. The van der Waals surface area contributed by atoms with E-state index < -0.39 is 0 Å². The standard InChI is InChI=1S/C15H28N2O/c1-3-5-9-14-15(18)17(11-16-14)13-8-6-7-12(4-2)10-13/h12-14,16H,3-11H2,1-2H3. The number of nitrogens with zero attached hydrogens (tertiary/aromatic N) is 1. The Labute approximate surface area is 111 Å². The molecule has 1 saturated heterocycles. The van der Waals surface area contributed by atoms with Crippen LogP contribution in [0.15, 0.2) is 0 Å². The SMILES string of the molecule is CCCCC1NCN(C2CCCC(CC)C2)C1=O. The molecule has 0 aromatic rings. The average Bonchev–Trinajstić information content (AvgIpc) is 2.78. The quantitative estimate of drug-likeness (QED) is 0.816. The van der Waals surface area contributed by atoms with Crippen LogP contribution in [0.4, 0.5) is 0 Å². The third-order valence-electron chi connectivity index (χ3n) is 4.71. The van der Waals surface area contributed by atoms with Gasteiger partial charge in [0.25, 0.3) is 0 Å². The van der Waals surface area contributed by atoms with Crippen LogP contribution in [0.5, 0.6) is 0 Å². The molecule has 1 aliphatic carbocycles. The van der Waals surface area contributed by atoms with Gasteiger partial charge in [-0.05, 0) is 25.2 Å². The summed E-state index contributed by atoms with van der Waals surface area (Å²) in [6.45, 7) is 5.25. The highest BCUT2D eigenvalue weighted by atomic mass is 16.2. The van der Waals surface area contributed by atoms with Crippen molar-refractivity contribution in [3.8, 4) is 0 Å². The van der Waals surface area contributed by atoms with Gasteiger partial charge in [0, 0.05) is 6.04 Å². The van der Waals surface area contributed by atoms with Gasteiger partial charge in [0.2, 0.25) is 5.91 Å². The van der Waals surface area contributed by atoms with Crippen LogP contribution in [0.2, 0.25) is 0 Å². The smallest absolute Gasteiger partial charge is 0.241 e. The zero-order valence-electron chi connectivity index (χ0n) is 12.0. The summed E-state index contributed by atoms with van der Waals surface area (Å²) >= 11 is 0. The van der Waals surface area contributed by atoms with E-state index in [4.69, 9.17) is 0 Å². The monoisotopic (exact) mass is 252 g/mol. The number of unbranched alkanes of at least 4 members (excludes halogenated alkanes) is 1. The van der Waals surface area contributed by atoms with Crippen LogP contribution in [-0.2, 0) is 4.79 Å². The first kappa shape index (κ1) is 13.9. The second kappa shape index (κ2) is 6.55. The first-order valence-corrected chi connectivity index (χ1v) is 7.80. The van der Waals surface area contributed by atoms with Crippen molar-refractivity contribution in [3.63, 3.8) is 0 Å². The van der Waals surface area contributed by atoms with Crippen LogP contribution in [-0.4, -0.2) is 29.6 Å². The summed E-state index contributed by atoms with van der Waals surface area (Å²) in [5.41, 5.74) is 0. The predicted octanol–water partition coefficient (Wildman–Crippen LogP) is 2.90. The normalized spacial score (nSPS) is 33.1. The Balaban J connectivity index is 1.88. The van der Waals surface area contributed by atoms with Crippen molar-refractivity contribution in [2.24, 2.45) is 5.92 Å². The number of hydrogen-bond donors (Lipinski definition) is 1. The molecule has 3 atom stereocenters. The van der Waals surface area contributed by atoms with Crippen molar-refractivity contribution in [2.75, 3.05) is 6.67 Å². The summed E-state index contributed by atoms with van der Waals surface area (Å²) in [6, 6.07) is 0.613. The molecule has 3 heteroatoms. The highest BCUT2D eigenvalue weighted by molar-refractivity contribution is 5.84. The van der Waals surface area contributed by atoms with Gasteiger partial charge in [-0.1, -0.05) is 46.0 Å². The number of nitrogens with one attached hydrogen (secondary N) is 1. The maximum absolute atomic E-state index is 12.4. The number of carbonyl (C=O) groups is 1. The van der Waals surface area contributed by atoms with Gasteiger partial charge < -0.3 is 4.90 Å². The van der Waals surface area contributed by atoms with Crippen LogP contribution in [0, 0.1) is 5.92 Å². The van der Waals surface area contributed by atoms with Gasteiger partial charge in [0.05, 0.1) is 12.7 Å². The summed E-state index contributed by atoms with van der Waals surface area (Å²) in [7, 11) is 0. The van der Waals surface area contributed by atoms with E-state index in [-0.39, 0.29) is 6.04 Å². The minimum absolute atomic E-state index is 0.104. The van der Waals surface area contributed by atoms with Crippen molar-refractivity contribution in [1.29, 1.82) is 0 Å². The van der Waals surface area contributed by atoms with Gasteiger partial charge in [-0.2, -0.15) is 0 Å². The molecule has 0 aromatic carbocycles. The molecule has 104 valence electrons. The molecule has 0 aromatic heterocycles. The van der Waals surface area contributed by atoms with E-state index in [1.807, 2.05) is 0 Å². The lowest BCUT2D eigenvalue weighted by molar-refractivity contribution is -0.131. The molecule has 2 rings (SSSR count). The molecule has 18 heavy (non-hydrogen) atoms. The van der Waals surface area contributed by atoms with Gasteiger partial charge in [0.1, 0.15) is 0 Å². The van der Waals surface area contributed by atoms with Crippen LogP contribution < -0.4 is 5.32 Å². The molecule has 1 N–H and O–H groups in total. The second-order valence-electron chi connectivity index (χ2n) is 5.96. The molecular formula is C15H28N2O. The molecule has 2 aliphatic rings. The van der Waals surface area contributed by atoms with Crippen LogP contribution in [0.1, 0.15) is 65.2 Å². The Morgan fingerprint density at radius 2 is 2.17 bits per heavy atom. The molecular weight excluding hydrogens is 224 g/mol. The highest BCUT2D eigenvalue weighted by Gasteiger charge is 2.36. The zero-order valence-corrected chi connectivity index (χ0v) is 12.0. The van der Waals surface area contributed by atoms with Gasteiger partial charge in [0.15, 0.2) is 0 Å². The topological polar surface area (TPSA) is 32.3 Å². The summed E-state index contributed by atoms with van der Waals surface area (Å²) in [4.78, 5) is 14.5. The largest absolute Gasteiger partial charge is 0.326 e. The number of hydrogen-bond acceptors (Lipinski definition) is 2. The van der Waals surface area contributed by atoms with Gasteiger partial charge in [-0.3, -0.25) is 10.1 Å². The van der Waals surface area contributed by atoms with Crippen LogP contribution in [0.25, 0.3) is 0 Å². The van der Waals surface area contributed by atoms with E-state index in [1.165, 1.54) is 38.5 Å². The first-order chi connectivity index (χ1) is 8.76. The maximum atomic E-state index is 12.4. The third kappa shape index (κ3) is 3.05. The fourth-order valence-corrected chi connectivity index (χ4v) is 3.43. The predicted molar refractivity (Wildman–Crippen MR) is 74.2 cm³/mol. The molecule has 1 heterocycles. The van der Waals surface area contributed by atoms with E-state index in [9.17, 15) is 4.79 Å². The van der Waals surface area contributed by atoms with Crippen molar-refractivity contribution in [3.05, 3.63) is 0 Å². The van der Waals surface area contributed by atoms with Gasteiger partial charge in [-0.15, -0.1) is 0 Å². The van der Waals surface area contributed by atoms with E-state index in [0.717, 1.165) is 25.4 Å². The minimum atomic E-state index is 0.104. The molecule has 2 fully saturated rings. The lowest BCUT2D eigenvalue weighted by Gasteiger charge is -2.34. The molecule has 1 amide bonds. The van der Waals surface area contributed by atoms with Crippen molar-refractivity contribution in [2.45, 2.75) is 77.3 Å². The number of amides is 1. The summed E-state index contributed by atoms with van der Waals surface area (Å²) < 4.78 is 0. The lowest BCUT2D eigenvalue weighted by atomic mass is 9.83. The molecule has 1 aliphatic heterocycles. The Kier molecular flexibility index (Phi) is 5.04.